The van der Waals surface area contributed by atoms with Crippen molar-refractivity contribution in [2.75, 3.05) is 11.9 Å². The number of rotatable bonds is 3. The quantitative estimate of drug-likeness (QED) is 0.652. The van der Waals surface area contributed by atoms with Gasteiger partial charge in [0.1, 0.15) is 5.00 Å². The fourth-order valence-electron chi connectivity index (χ4n) is 2.45. The first-order valence-electron chi connectivity index (χ1n) is 6.86. The van der Waals surface area contributed by atoms with Gasteiger partial charge >= 0.3 is 11.9 Å². The van der Waals surface area contributed by atoms with Gasteiger partial charge in [0.15, 0.2) is 0 Å². The Bertz CT molecular complexity index is 594. The molecule has 0 saturated heterocycles. The molecule has 2 rings (SSSR count). The minimum Gasteiger partial charge on any atom is -0.459 e. The smallest absolute Gasteiger partial charge is 0.397 e. The van der Waals surface area contributed by atoms with Gasteiger partial charge in [0.2, 0.25) is 0 Å². The second-order valence-corrected chi connectivity index (χ2v) is 6.20. The Hall–Kier alpha value is -1.89. The number of carbonyl (C=O) groups is 3. The minimum atomic E-state index is -0.965. The van der Waals surface area contributed by atoms with E-state index < -0.39 is 17.8 Å². The van der Waals surface area contributed by atoms with Gasteiger partial charge in [-0.1, -0.05) is 6.92 Å². The summed E-state index contributed by atoms with van der Waals surface area (Å²) >= 11 is 1.32. The number of nitrogens with two attached hydrogens (primary N) is 1. The van der Waals surface area contributed by atoms with Gasteiger partial charge in [-0.3, -0.25) is 9.59 Å². The predicted molar refractivity (Wildman–Crippen MR) is 79.3 cm³/mol. The summed E-state index contributed by atoms with van der Waals surface area (Å²) in [5.74, 6) is -1.90. The monoisotopic (exact) mass is 310 g/mol. The fraction of sp³-hybridized carbons (Fsp3) is 0.500. The van der Waals surface area contributed by atoms with Crippen LogP contribution in [-0.4, -0.2) is 24.4 Å². The molecular weight excluding hydrogens is 292 g/mol. The lowest BCUT2D eigenvalue weighted by Gasteiger charge is -2.18. The number of amides is 2. The van der Waals surface area contributed by atoms with Gasteiger partial charge in [0.05, 0.1) is 12.2 Å². The molecule has 1 unspecified atom stereocenters. The molecule has 0 bridgehead atoms. The minimum absolute atomic E-state index is 0.118. The molecule has 0 aromatic carbocycles. The molecule has 1 aromatic heterocycles. The van der Waals surface area contributed by atoms with Crippen LogP contribution in [0.1, 0.15) is 41.1 Å². The van der Waals surface area contributed by atoms with Gasteiger partial charge in [0.25, 0.3) is 5.91 Å². The average molecular weight is 310 g/mol. The van der Waals surface area contributed by atoms with Crippen molar-refractivity contribution in [2.45, 2.75) is 33.1 Å². The Kier molecular flexibility index (Phi) is 4.62. The third-order valence-corrected chi connectivity index (χ3v) is 4.62. The summed E-state index contributed by atoms with van der Waals surface area (Å²) in [6.45, 7) is 3.88. The Morgan fingerprint density at radius 1 is 1.43 bits per heavy atom. The molecule has 1 heterocycles. The van der Waals surface area contributed by atoms with Crippen LogP contribution >= 0.6 is 11.3 Å². The number of carbonyl (C=O) groups excluding carboxylic acids is 3. The van der Waals surface area contributed by atoms with Crippen LogP contribution in [0.25, 0.3) is 0 Å². The largest absolute Gasteiger partial charge is 0.459 e. The first-order chi connectivity index (χ1) is 9.93. The molecule has 0 aliphatic heterocycles. The van der Waals surface area contributed by atoms with E-state index in [9.17, 15) is 14.4 Å². The van der Waals surface area contributed by atoms with Crippen LogP contribution in [-0.2, 0) is 27.2 Å². The standard InChI is InChI=1S/C14H18N2O4S/c1-3-20-14(19)12(18)16-13-10(11(15)17)8-5-4-7(2)6-9(8)21-13/h7H,3-6H2,1-2H3,(H2,15,17)(H,16,18). The van der Waals surface area contributed by atoms with E-state index in [4.69, 9.17) is 5.73 Å². The predicted octanol–water partition coefficient (Wildman–Crippen LogP) is 1.47. The summed E-state index contributed by atoms with van der Waals surface area (Å²) in [5.41, 5.74) is 6.67. The van der Waals surface area contributed by atoms with Crippen molar-refractivity contribution in [3.63, 3.8) is 0 Å². The Morgan fingerprint density at radius 3 is 2.76 bits per heavy atom. The van der Waals surface area contributed by atoms with Crippen LogP contribution in [0.15, 0.2) is 0 Å². The Morgan fingerprint density at radius 2 is 2.14 bits per heavy atom. The van der Waals surface area contributed by atoms with Crippen molar-refractivity contribution in [1.29, 1.82) is 0 Å². The highest BCUT2D eigenvalue weighted by molar-refractivity contribution is 7.17. The summed E-state index contributed by atoms with van der Waals surface area (Å²) in [7, 11) is 0. The SMILES string of the molecule is CCOC(=O)C(=O)Nc1sc2c(c1C(N)=O)CCC(C)C2. The number of thiophene rings is 1. The second kappa shape index (κ2) is 6.26. The van der Waals surface area contributed by atoms with Gasteiger partial charge in [-0.25, -0.2) is 4.79 Å². The number of esters is 1. The van der Waals surface area contributed by atoms with Crippen LogP contribution in [0.2, 0.25) is 0 Å². The van der Waals surface area contributed by atoms with E-state index in [1.807, 2.05) is 0 Å². The van der Waals surface area contributed by atoms with Crippen molar-refractivity contribution in [3.8, 4) is 0 Å². The number of anilines is 1. The first kappa shape index (κ1) is 15.5. The first-order valence-corrected chi connectivity index (χ1v) is 7.68. The highest BCUT2D eigenvalue weighted by Crippen LogP contribution is 2.39. The summed E-state index contributed by atoms with van der Waals surface area (Å²) in [4.78, 5) is 35.8. The Balaban J connectivity index is 2.29. The third-order valence-electron chi connectivity index (χ3n) is 3.45. The van der Waals surface area contributed by atoms with E-state index in [0.29, 0.717) is 16.5 Å². The van der Waals surface area contributed by atoms with E-state index in [2.05, 4.69) is 17.0 Å². The lowest BCUT2D eigenvalue weighted by molar-refractivity contribution is -0.152. The molecule has 6 nitrogen and oxygen atoms in total. The van der Waals surface area contributed by atoms with Gasteiger partial charge in [-0.2, -0.15) is 0 Å². The molecule has 2 amide bonds. The van der Waals surface area contributed by atoms with Gasteiger partial charge in [-0.05, 0) is 37.7 Å². The second-order valence-electron chi connectivity index (χ2n) is 5.09. The number of primary amides is 1. The molecule has 1 aliphatic carbocycles. The molecular formula is C14H18N2O4S. The third kappa shape index (κ3) is 3.24. The average Bonchev–Trinajstić information content (AvgIpc) is 2.75. The number of hydrogen-bond acceptors (Lipinski definition) is 5. The zero-order valence-electron chi connectivity index (χ0n) is 12.0. The molecule has 0 saturated carbocycles. The van der Waals surface area contributed by atoms with Crippen molar-refractivity contribution in [1.82, 2.24) is 0 Å². The maximum atomic E-state index is 11.7. The normalized spacial score (nSPS) is 17.0. The Labute approximate surface area is 126 Å². The molecule has 1 atom stereocenters. The zero-order chi connectivity index (χ0) is 15.6. The van der Waals surface area contributed by atoms with Gasteiger partial charge in [0, 0.05) is 4.88 Å². The maximum Gasteiger partial charge on any atom is 0.397 e. The lowest BCUT2D eigenvalue weighted by Crippen LogP contribution is -2.26. The highest BCUT2D eigenvalue weighted by Gasteiger charge is 2.28. The van der Waals surface area contributed by atoms with Crippen LogP contribution < -0.4 is 11.1 Å². The number of nitrogens with one attached hydrogen (secondary N) is 1. The van der Waals surface area contributed by atoms with Crippen molar-refractivity contribution < 1.29 is 19.1 Å². The molecule has 1 aliphatic rings. The van der Waals surface area contributed by atoms with Crippen LogP contribution in [0.4, 0.5) is 5.00 Å². The molecule has 7 heteroatoms. The molecule has 0 fully saturated rings. The number of fused-ring (bicyclic) bond motifs is 1. The zero-order valence-corrected chi connectivity index (χ0v) is 12.8. The van der Waals surface area contributed by atoms with Crippen LogP contribution in [0.3, 0.4) is 0 Å². The van der Waals surface area contributed by atoms with E-state index in [0.717, 1.165) is 29.7 Å². The fourth-order valence-corrected chi connectivity index (χ4v) is 3.86. The van der Waals surface area contributed by atoms with Gasteiger partial charge < -0.3 is 15.8 Å². The van der Waals surface area contributed by atoms with E-state index in [1.54, 1.807) is 6.92 Å². The summed E-state index contributed by atoms with van der Waals surface area (Å²) in [5, 5.41) is 2.80. The lowest BCUT2D eigenvalue weighted by atomic mass is 9.88. The van der Waals surface area contributed by atoms with E-state index in [1.165, 1.54) is 11.3 Å². The maximum absolute atomic E-state index is 11.7. The molecule has 1 aromatic rings. The molecule has 21 heavy (non-hydrogen) atoms. The molecule has 0 spiro atoms. The van der Waals surface area contributed by atoms with Crippen LogP contribution in [0, 0.1) is 5.92 Å². The van der Waals surface area contributed by atoms with Crippen molar-refractivity contribution in [2.24, 2.45) is 11.7 Å². The van der Waals surface area contributed by atoms with Crippen molar-refractivity contribution >= 4 is 34.1 Å². The van der Waals surface area contributed by atoms with Crippen molar-refractivity contribution in [3.05, 3.63) is 16.0 Å². The number of hydrogen-bond donors (Lipinski definition) is 2. The number of ether oxygens (including phenoxy) is 1. The van der Waals surface area contributed by atoms with Gasteiger partial charge in [-0.15, -0.1) is 11.3 Å². The van der Waals surface area contributed by atoms with Crippen LogP contribution in [0.5, 0.6) is 0 Å². The van der Waals surface area contributed by atoms with E-state index >= 15 is 0 Å². The van der Waals surface area contributed by atoms with E-state index in [-0.39, 0.29) is 6.61 Å². The molecule has 114 valence electrons. The highest BCUT2D eigenvalue weighted by atomic mass is 32.1. The summed E-state index contributed by atoms with van der Waals surface area (Å²) < 4.78 is 4.63. The summed E-state index contributed by atoms with van der Waals surface area (Å²) in [6.07, 6.45) is 2.60. The molecule has 0 radical (unpaired) electrons. The molecule has 3 N–H and O–H groups in total. The summed E-state index contributed by atoms with van der Waals surface area (Å²) in [6, 6.07) is 0. The topological polar surface area (TPSA) is 98.5 Å².